The molecule has 14 heavy (non-hydrogen) atoms. The second kappa shape index (κ2) is 4.32. The first-order chi connectivity index (χ1) is 6.54. The Morgan fingerprint density at radius 2 is 1.71 bits per heavy atom. The molecule has 1 aromatic rings. The fourth-order valence-corrected chi connectivity index (χ4v) is 2.39. The number of nitrogens with two attached hydrogens (primary N) is 1. The van der Waals surface area contributed by atoms with Crippen molar-refractivity contribution in [1.82, 2.24) is 0 Å². The molecule has 0 aliphatic rings. The monoisotopic (exact) mass is 257 g/mol. The molecule has 0 amide bonds. The van der Waals surface area contributed by atoms with Crippen molar-refractivity contribution in [2.75, 3.05) is 7.11 Å². The molecular weight excluding hydrogens is 242 g/mol. The molecule has 2 N–H and O–H groups in total. The van der Waals surface area contributed by atoms with Crippen molar-refractivity contribution in [2.24, 2.45) is 5.73 Å². The average molecular weight is 258 g/mol. The van der Waals surface area contributed by atoms with E-state index in [1.807, 2.05) is 0 Å². The number of halogens is 1. The molecule has 0 radical (unpaired) electrons. The Morgan fingerprint density at radius 1 is 1.14 bits per heavy atom. The second-order valence-electron chi connectivity index (χ2n) is 3.40. The summed E-state index contributed by atoms with van der Waals surface area (Å²) in [7, 11) is 1.69. The number of hydrogen-bond donors (Lipinski definition) is 1. The third-order valence-electron chi connectivity index (χ3n) is 2.75. The van der Waals surface area contributed by atoms with Crippen LogP contribution in [0.15, 0.2) is 4.47 Å². The van der Waals surface area contributed by atoms with Gasteiger partial charge in [-0.2, -0.15) is 0 Å². The van der Waals surface area contributed by atoms with Gasteiger partial charge in [0.25, 0.3) is 0 Å². The molecule has 0 unspecified atom stereocenters. The molecule has 1 rings (SSSR count). The Morgan fingerprint density at radius 3 is 2.14 bits per heavy atom. The van der Waals surface area contributed by atoms with Crippen LogP contribution in [0.4, 0.5) is 0 Å². The van der Waals surface area contributed by atoms with Gasteiger partial charge in [0.2, 0.25) is 0 Å². The lowest BCUT2D eigenvalue weighted by molar-refractivity contribution is 0.408. The summed E-state index contributed by atoms with van der Waals surface area (Å²) in [5.41, 5.74) is 10.5. The fourth-order valence-electron chi connectivity index (χ4n) is 1.69. The van der Waals surface area contributed by atoms with E-state index in [1.165, 1.54) is 16.7 Å². The van der Waals surface area contributed by atoms with E-state index in [0.29, 0.717) is 6.54 Å². The SMILES string of the molecule is COc1c(C)c(C)c(CN)c(C)c1Br. The van der Waals surface area contributed by atoms with Crippen molar-refractivity contribution >= 4 is 15.9 Å². The smallest absolute Gasteiger partial charge is 0.136 e. The highest BCUT2D eigenvalue weighted by atomic mass is 79.9. The first-order valence-electron chi connectivity index (χ1n) is 4.56. The van der Waals surface area contributed by atoms with E-state index in [-0.39, 0.29) is 0 Å². The predicted octanol–water partition coefficient (Wildman–Crippen LogP) is 2.84. The molecule has 2 nitrogen and oxygen atoms in total. The van der Waals surface area contributed by atoms with E-state index in [1.54, 1.807) is 7.11 Å². The van der Waals surface area contributed by atoms with Crippen LogP contribution in [0, 0.1) is 20.8 Å². The highest BCUT2D eigenvalue weighted by molar-refractivity contribution is 9.10. The highest BCUT2D eigenvalue weighted by Gasteiger charge is 2.14. The van der Waals surface area contributed by atoms with Gasteiger partial charge in [-0.3, -0.25) is 0 Å². The molecule has 1 aromatic carbocycles. The van der Waals surface area contributed by atoms with Gasteiger partial charge in [-0.1, -0.05) is 0 Å². The van der Waals surface area contributed by atoms with E-state index in [2.05, 4.69) is 36.7 Å². The summed E-state index contributed by atoms with van der Waals surface area (Å²) in [4.78, 5) is 0. The largest absolute Gasteiger partial charge is 0.495 e. The van der Waals surface area contributed by atoms with E-state index in [9.17, 15) is 0 Å². The van der Waals surface area contributed by atoms with Gasteiger partial charge in [0.1, 0.15) is 5.75 Å². The lowest BCUT2D eigenvalue weighted by Gasteiger charge is -2.17. The van der Waals surface area contributed by atoms with Gasteiger partial charge in [0, 0.05) is 6.54 Å². The Balaban J connectivity index is 3.55. The Hall–Kier alpha value is -0.540. The highest BCUT2D eigenvalue weighted by Crippen LogP contribution is 2.36. The minimum atomic E-state index is 0.571. The first-order valence-corrected chi connectivity index (χ1v) is 5.36. The summed E-state index contributed by atoms with van der Waals surface area (Å²) in [5.74, 6) is 0.914. The first kappa shape index (κ1) is 11.5. The predicted molar refractivity (Wildman–Crippen MR) is 62.8 cm³/mol. The molecule has 0 saturated carbocycles. The quantitative estimate of drug-likeness (QED) is 0.885. The van der Waals surface area contributed by atoms with Crippen molar-refractivity contribution < 1.29 is 4.74 Å². The standard InChI is InChI=1S/C11H16BrNO/c1-6-7(2)11(14-4)10(12)8(3)9(6)5-13/h5,13H2,1-4H3. The molecule has 0 aliphatic heterocycles. The lowest BCUT2D eigenvalue weighted by atomic mass is 9.97. The zero-order valence-electron chi connectivity index (χ0n) is 9.07. The maximum absolute atomic E-state index is 5.72. The van der Waals surface area contributed by atoms with E-state index >= 15 is 0 Å². The average Bonchev–Trinajstić information content (AvgIpc) is 2.17. The van der Waals surface area contributed by atoms with Crippen molar-refractivity contribution in [2.45, 2.75) is 27.3 Å². The van der Waals surface area contributed by atoms with Crippen LogP contribution in [-0.2, 0) is 6.54 Å². The van der Waals surface area contributed by atoms with Gasteiger partial charge in [0.15, 0.2) is 0 Å². The minimum absolute atomic E-state index is 0.571. The van der Waals surface area contributed by atoms with E-state index in [0.717, 1.165) is 15.8 Å². The molecule has 0 fully saturated rings. The van der Waals surface area contributed by atoms with Gasteiger partial charge in [-0.05, 0) is 59.0 Å². The van der Waals surface area contributed by atoms with Crippen LogP contribution in [0.2, 0.25) is 0 Å². The van der Waals surface area contributed by atoms with Crippen LogP contribution in [0.3, 0.4) is 0 Å². The summed E-state index contributed by atoms with van der Waals surface area (Å²) < 4.78 is 6.37. The Labute approximate surface area is 93.6 Å². The third-order valence-corrected chi connectivity index (χ3v) is 3.70. The van der Waals surface area contributed by atoms with Crippen LogP contribution in [0.25, 0.3) is 0 Å². The van der Waals surface area contributed by atoms with Crippen molar-refractivity contribution in [3.05, 3.63) is 26.7 Å². The molecule has 0 bridgehead atoms. The zero-order valence-corrected chi connectivity index (χ0v) is 10.7. The summed E-state index contributed by atoms with van der Waals surface area (Å²) >= 11 is 3.54. The van der Waals surface area contributed by atoms with Crippen LogP contribution in [0.5, 0.6) is 5.75 Å². The summed E-state index contributed by atoms with van der Waals surface area (Å²) in [6.07, 6.45) is 0. The van der Waals surface area contributed by atoms with E-state index in [4.69, 9.17) is 10.5 Å². The van der Waals surface area contributed by atoms with Gasteiger partial charge < -0.3 is 10.5 Å². The molecule has 0 atom stereocenters. The zero-order chi connectivity index (χ0) is 10.9. The van der Waals surface area contributed by atoms with Gasteiger partial charge in [-0.25, -0.2) is 0 Å². The number of rotatable bonds is 2. The fraction of sp³-hybridized carbons (Fsp3) is 0.455. The number of ether oxygens (including phenoxy) is 1. The van der Waals surface area contributed by atoms with Gasteiger partial charge in [0.05, 0.1) is 11.6 Å². The summed E-state index contributed by atoms with van der Waals surface area (Å²) in [5, 5.41) is 0. The Kier molecular flexibility index (Phi) is 3.56. The lowest BCUT2D eigenvalue weighted by Crippen LogP contribution is -2.06. The van der Waals surface area contributed by atoms with Gasteiger partial charge >= 0.3 is 0 Å². The molecule has 0 spiro atoms. The Bertz CT molecular complexity index is 297. The maximum Gasteiger partial charge on any atom is 0.136 e. The summed E-state index contributed by atoms with van der Waals surface area (Å²) in [6.45, 7) is 6.76. The number of benzene rings is 1. The van der Waals surface area contributed by atoms with Crippen LogP contribution in [-0.4, -0.2) is 7.11 Å². The van der Waals surface area contributed by atoms with Crippen LogP contribution in [0.1, 0.15) is 22.3 Å². The minimum Gasteiger partial charge on any atom is -0.495 e. The molecule has 0 heterocycles. The van der Waals surface area contributed by atoms with Crippen molar-refractivity contribution in [3.8, 4) is 5.75 Å². The van der Waals surface area contributed by atoms with Crippen molar-refractivity contribution in [3.63, 3.8) is 0 Å². The molecular formula is C11H16BrNO. The summed E-state index contributed by atoms with van der Waals surface area (Å²) in [6, 6.07) is 0. The number of methoxy groups -OCH3 is 1. The molecule has 0 aliphatic carbocycles. The number of hydrogen-bond acceptors (Lipinski definition) is 2. The van der Waals surface area contributed by atoms with E-state index < -0.39 is 0 Å². The third kappa shape index (κ3) is 1.66. The second-order valence-corrected chi connectivity index (χ2v) is 4.20. The normalized spacial score (nSPS) is 10.4. The molecule has 0 aromatic heterocycles. The van der Waals surface area contributed by atoms with Crippen LogP contribution >= 0.6 is 15.9 Å². The topological polar surface area (TPSA) is 35.2 Å². The van der Waals surface area contributed by atoms with Gasteiger partial charge in [-0.15, -0.1) is 0 Å². The molecule has 3 heteroatoms. The molecule has 78 valence electrons. The van der Waals surface area contributed by atoms with Crippen LogP contribution < -0.4 is 10.5 Å². The van der Waals surface area contributed by atoms with Crippen molar-refractivity contribution in [1.29, 1.82) is 0 Å². The molecule has 0 saturated heterocycles. The maximum atomic E-state index is 5.72.